The van der Waals surface area contributed by atoms with E-state index in [-0.39, 0.29) is 11.8 Å². The lowest BCUT2D eigenvalue weighted by atomic mass is 10.2. The lowest BCUT2D eigenvalue weighted by molar-refractivity contribution is 0.252. The van der Waals surface area contributed by atoms with Crippen molar-refractivity contribution in [2.45, 2.75) is 25.5 Å². The summed E-state index contributed by atoms with van der Waals surface area (Å²) >= 11 is 0. The van der Waals surface area contributed by atoms with Gasteiger partial charge in [0.05, 0.1) is 5.75 Å². The van der Waals surface area contributed by atoms with Crippen LogP contribution in [0, 0.1) is 0 Å². The van der Waals surface area contributed by atoms with Crippen molar-refractivity contribution < 1.29 is 13.2 Å². The number of hydrogen-bond acceptors (Lipinski definition) is 3. The van der Waals surface area contributed by atoms with Crippen molar-refractivity contribution in [1.29, 1.82) is 0 Å². The first kappa shape index (κ1) is 15.5. The van der Waals surface area contributed by atoms with E-state index >= 15 is 0 Å². The standard InChI is InChI=1S/C12H19N3O3S/c1-2-3-8-14-12(16)15-11-6-4-10(5-7-11)9-19(13,17)18/h4-7H,2-3,8-9H2,1H3,(H2,13,17,18)(H2,14,15,16). The van der Waals surface area contributed by atoms with Crippen LogP contribution in [0.1, 0.15) is 25.3 Å². The molecule has 0 spiro atoms. The molecule has 0 radical (unpaired) electrons. The highest BCUT2D eigenvalue weighted by molar-refractivity contribution is 7.88. The second-order valence-electron chi connectivity index (χ2n) is 4.24. The molecule has 1 aromatic rings. The summed E-state index contributed by atoms with van der Waals surface area (Å²) in [5.74, 6) is -0.212. The Morgan fingerprint density at radius 1 is 1.26 bits per heavy atom. The molecule has 7 heteroatoms. The van der Waals surface area contributed by atoms with Gasteiger partial charge in [0.2, 0.25) is 10.0 Å². The zero-order chi connectivity index (χ0) is 14.3. The van der Waals surface area contributed by atoms with Gasteiger partial charge in [-0.05, 0) is 24.1 Å². The largest absolute Gasteiger partial charge is 0.338 e. The molecule has 0 aliphatic heterocycles. The number of amides is 2. The van der Waals surface area contributed by atoms with Crippen molar-refractivity contribution in [1.82, 2.24) is 5.32 Å². The Morgan fingerprint density at radius 3 is 2.42 bits per heavy atom. The summed E-state index contributed by atoms with van der Waals surface area (Å²) in [5, 5.41) is 10.3. The molecule has 1 rings (SSSR count). The molecule has 6 nitrogen and oxygen atoms in total. The molecule has 0 heterocycles. The monoisotopic (exact) mass is 285 g/mol. The maximum absolute atomic E-state index is 11.5. The molecular weight excluding hydrogens is 266 g/mol. The highest BCUT2D eigenvalue weighted by Gasteiger charge is 2.05. The van der Waals surface area contributed by atoms with Crippen molar-refractivity contribution >= 4 is 21.7 Å². The molecule has 0 aliphatic carbocycles. The van der Waals surface area contributed by atoms with Crippen LogP contribution < -0.4 is 15.8 Å². The van der Waals surface area contributed by atoms with Gasteiger partial charge in [-0.2, -0.15) is 0 Å². The van der Waals surface area contributed by atoms with E-state index in [1.165, 1.54) is 0 Å². The number of sulfonamides is 1. The van der Waals surface area contributed by atoms with E-state index in [1.807, 2.05) is 6.92 Å². The number of nitrogens with two attached hydrogens (primary N) is 1. The van der Waals surface area contributed by atoms with Crippen LogP contribution in [-0.2, 0) is 15.8 Å². The Balaban J connectivity index is 2.50. The average molecular weight is 285 g/mol. The molecular formula is C12H19N3O3S. The van der Waals surface area contributed by atoms with Crippen LogP contribution in [-0.4, -0.2) is 21.0 Å². The number of carbonyl (C=O) groups excluding carboxylic acids is 1. The van der Waals surface area contributed by atoms with Gasteiger partial charge in [-0.25, -0.2) is 18.4 Å². The van der Waals surface area contributed by atoms with E-state index in [2.05, 4.69) is 10.6 Å². The first-order chi connectivity index (χ1) is 8.90. The summed E-state index contributed by atoms with van der Waals surface area (Å²) in [6.45, 7) is 2.68. The number of benzene rings is 1. The first-order valence-electron chi connectivity index (χ1n) is 6.05. The second kappa shape index (κ2) is 7.10. The number of anilines is 1. The number of nitrogens with one attached hydrogen (secondary N) is 2. The molecule has 4 N–H and O–H groups in total. The summed E-state index contributed by atoms with van der Waals surface area (Å²) in [7, 11) is -3.53. The topological polar surface area (TPSA) is 101 Å². The molecule has 19 heavy (non-hydrogen) atoms. The maximum Gasteiger partial charge on any atom is 0.319 e. The van der Waals surface area contributed by atoms with E-state index in [9.17, 15) is 13.2 Å². The van der Waals surface area contributed by atoms with E-state index in [0.29, 0.717) is 17.8 Å². The van der Waals surface area contributed by atoms with Crippen LogP contribution in [0.25, 0.3) is 0 Å². The third-order valence-electron chi connectivity index (χ3n) is 2.40. The van der Waals surface area contributed by atoms with Gasteiger partial charge in [0, 0.05) is 12.2 Å². The maximum atomic E-state index is 11.5. The molecule has 0 atom stereocenters. The Hall–Kier alpha value is -1.60. The van der Waals surface area contributed by atoms with Crippen molar-refractivity contribution in [3.8, 4) is 0 Å². The van der Waals surface area contributed by atoms with Gasteiger partial charge >= 0.3 is 6.03 Å². The molecule has 0 bridgehead atoms. The van der Waals surface area contributed by atoms with E-state index in [4.69, 9.17) is 5.14 Å². The number of carbonyl (C=O) groups is 1. The number of rotatable bonds is 6. The molecule has 0 saturated carbocycles. The van der Waals surface area contributed by atoms with Crippen molar-refractivity contribution in [2.75, 3.05) is 11.9 Å². The van der Waals surface area contributed by atoms with Gasteiger partial charge in [-0.15, -0.1) is 0 Å². The van der Waals surface area contributed by atoms with E-state index < -0.39 is 10.0 Å². The molecule has 0 saturated heterocycles. The second-order valence-corrected chi connectivity index (χ2v) is 5.85. The zero-order valence-electron chi connectivity index (χ0n) is 10.8. The van der Waals surface area contributed by atoms with Crippen LogP contribution in [0.2, 0.25) is 0 Å². The Kier molecular flexibility index (Phi) is 5.78. The van der Waals surface area contributed by atoms with Gasteiger partial charge in [-0.3, -0.25) is 0 Å². The summed E-state index contributed by atoms with van der Waals surface area (Å²) in [4.78, 5) is 11.5. The van der Waals surface area contributed by atoms with Crippen LogP contribution in [0.5, 0.6) is 0 Å². The Labute approximate surface area is 113 Å². The van der Waals surface area contributed by atoms with Gasteiger partial charge in [-0.1, -0.05) is 25.5 Å². The van der Waals surface area contributed by atoms with Crippen LogP contribution in [0.3, 0.4) is 0 Å². The zero-order valence-corrected chi connectivity index (χ0v) is 11.7. The fraction of sp³-hybridized carbons (Fsp3) is 0.417. The minimum atomic E-state index is -3.53. The average Bonchev–Trinajstić information content (AvgIpc) is 2.30. The summed E-state index contributed by atoms with van der Waals surface area (Å²) in [5.41, 5.74) is 1.19. The van der Waals surface area contributed by atoms with Gasteiger partial charge in [0.1, 0.15) is 0 Å². The lowest BCUT2D eigenvalue weighted by Crippen LogP contribution is -2.29. The van der Waals surface area contributed by atoms with E-state index in [1.54, 1.807) is 24.3 Å². The predicted octanol–water partition coefficient (Wildman–Crippen LogP) is 1.40. The minimum absolute atomic E-state index is 0.212. The Bertz CT molecular complexity index is 512. The SMILES string of the molecule is CCCCNC(=O)Nc1ccc(CS(N)(=O)=O)cc1. The molecule has 0 aromatic heterocycles. The van der Waals surface area contributed by atoms with Crippen LogP contribution >= 0.6 is 0 Å². The molecule has 0 unspecified atom stereocenters. The van der Waals surface area contributed by atoms with Crippen LogP contribution in [0.15, 0.2) is 24.3 Å². The molecule has 0 fully saturated rings. The molecule has 2 amide bonds. The third-order valence-corrected chi connectivity index (χ3v) is 3.13. The highest BCUT2D eigenvalue weighted by atomic mass is 32.2. The van der Waals surface area contributed by atoms with Crippen molar-refractivity contribution in [3.63, 3.8) is 0 Å². The highest BCUT2D eigenvalue weighted by Crippen LogP contribution is 2.11. The fourth-order valence-corrected chi connectivity index (χ4v) is 2.13. The van der Waals surface area contributed by atoms with E-state index in [0.717, 1.165) is 12.8 Å². The van der Waals surface area contributed by atoms with Crippen molar-refractivity contribution in [2.24, 2.45) is 5.14 Å². The predicted molar refractivity (Wildman–Crippen MR) is 75.2 cm³/mol. The fourth-order valence-electron chi connectivity index (χ4n) is 1.47. The Morgan fingerprint density at radius 2 is 1.89 bits per heavy atom. The minimum Gasteiger partial charge on any atom is -0.338 e. The van der Waals surface area contributed by atoms with Crippen molar-refractivity contribution in [3.05, 3.63) is 29.8 Å². The number of hydrogen-bond donors (Lipinski definition) is 3. The summed E-state index contributed by atoms with van der Waals surface area (Å²) < 4.78 is 21.8. The quantitative estimate of drug-likeness (QED) is 0.688. The molecule has 0 aliphatic rings. The first-order valence-corrected chi connectivity index (χ1v) is 7.76. The molecule has 1 aromatic carbocycles. The van der Waals surface area contributed by atoms with Gasteiger partial charge in [0.15, 0.2) is 0 Å². The smallest absolute Gasteiger partial charge is 0.319 e. The number of urea groups is 1. The van der Waals surface area contributed by atoms with Crippen LogP contribution in [0.4, 0.5) is 10.5 Å². The summed E-state index contributed by atoms with van der Waals surface area (Å²) in [6.07, 6.45) is 1.95. The number of primary sulfonamides is 1. The van der Waals surface area contributed by atoms with Gasteiger partial charge in [0.25, 0.3) is 0 Å². The normalized spacial score (nSPS) is 11.1. The molecule has 106 valence electrons. The lowest BCUT2D eigenvalue weighted by Gasteiger charge is -2.07. The summed E-state index contributed by atoms with van der Waals surface area (Å²) in [6, 6.07) is 6.24. The number of unbranched alkanes of at least 4 members (excludes halogenated alkanes) is 1. The third kappa shape index (κ3) is 6.78. The van der Waals surface area contributed by atoms with Gasteiger partial charge < -0.3 is 10.6 Å².